The van der Waals surface area contributed by atoms with Crippen LogP contribution in [0, 0.1) is 0 Å². The molecule has 28 heavy (non-hydrogen) atoms. The van der Waals surface area contributed by atoms with Gasteiger partial charge in [0.15, 0.2) is 16.7 Å². The Bertz CT molecular complexity index is 955. The molecule has 0 amide bonds. The maximum atomic E-state index is 6.44. The molecule has 2 aliphatic rings. The zero-order valence-electron chi connectivity index (χ0n) is 15.3. The summed E-state index contributed by atoms with van der Waals surface area (Å²) in [6.45, 7) is 5.77. The molecule has 1 saturated heterocycles. The van der Waals surface area contributed by atoms with Crippen molar-refractivity contribution in [2.24, 2.45) is 0 Å². The van der Waals surface area contributed by atoms with Gasteiger partial charge in [-0.25, -0.2) is 15.0 Å². The summed E-state index contributed by atoms with van der Waals surface area (Å²) in [7, 11) is 0. The van der Waals surface area contributed by atoms with Crippen molar-refractivity contribution in [3.63, 3.8) is 0 Å². The predicted octanol–water partition coefficient (Wildman–Crippen LogP) is 3.24. The van der Waals surface area contributed by atoms with E-state index in [1.807, 2.05) is 18.3 Å². The van der Waals surface area contributed by atoms with E-state index < -0.39 is 0 Å². The van der Waals surface area contributed by atoms with Gasteiger partial charge in [0.25, 0.3) is 0 Å². The fourth-order valence-corrected chi connectivity index (χ4v) is 4.90. The van der Waals surface area contributed by atoms with Crippen LogP contribution in [0.15, 0.2) is 29.0 Å². The molecule has 2 aliphatic heterocycles. The largest absolute Gasteiger partial charge is 0.461 e. The van der Waals surface area contributed by atoms with Gasteiger partial charge in [-0.3, -0.25) is 4.90 Å². The van der Waals surface area contributed by atoms with E-state index in [4.69, 9.17) is 25.7 Å². The zero-order chi connectivity index (χ0) is 18.9. The Morgan fingerprint density at radius 2 is 2.07 bits per heavy atom. The summed E-state index contributed by atoms with van der Waals surface area (Å²) in [5.74, 6) is 1.36. The van der Waals surface area contributed by atoms with Gasteiger partial charge in [0, 0.05) is 50.9 Å². The summed E-state index contributed by atoms with van der Waals surface area (Å²) in [6, 6.07) is 3.73. The van der Waals surface area contributed by atoms with Crippen LogP contribution in [0.2, 0.25) is 5.15 Å². The predicted molar refractivity (Wildman–Crippen MR) is 108 cm³/mol. The molecule has 0 saturated carbocycles. The average Bonchev–Trinajstić information content (AvgIpc) is 3.39. The molecular formula is C19H20ClN5O2S. The molecule has 0 aromatic carbocycles. The molecule has 5 rings (SSSR count). The molecular weight excluding hydrogens is 398 g/mol. The van der Waals surface area contributed by atoms with E-state index in [1.165, 1.54) is 0 Å². The molecule has 0 N–H and O–H groups in total. The first-order chi connectivity index (χ1) is 13.8. The minimum atomic E-state index is 0.613. The van der Waals surface area contributed by atoms with Crippen LogP contribution in [0.5, 0.6) is 0 Å². The number of fused-ring (bicyclic) bond motifs is 1. The highest BCUT2D eigenvalue weighted by Gasteiger charge is 2.23. The van der Waals surface area contributed by atoms with Gasteiger partial charge in [-0.05, 0) is 12.1 Å². The van der Waals surface area contributed by atoms with Crippen LogP contribution in [0.4, 0.5) is 5.13 Å². The van der Waals surface area contributed by atoms with Crippen LogP contribution in [0.1, 0.15) is 16.1 Å². The van der Waals surface area contributed by atoms with E-state index in [1.54, 1.807) is 17.6 Å². The monoisotopic (exact) mass is 417 g/mol. The number of rotatable bonds is 4. The quantitative estimate of drug-likeness (QED) is 0.645. The van der Waals surface area contributed by atoms with Crippen molar-refractivity contribution in [1.82, 2.24) is 19.9 Å². The number of hydrogen-bond acceptors (Lipinski definition) is 8. The lowest BCUT2D eigenvalue weighted by Crippen LogP contribution is -2.36. The maximum Gasteiger partial charge on any atom is 0.195 e. The molecule has 0 atom stereocenters. The highest BCUT2D eigenvalue weighted by Crippen LogP contribution is 2.32. The number of halogens is 1. The van der Waals surface area contributed by atoms with Gasteiger partial charge in [-0.2, -0.15) is 0 Å². The van der Waals surface area contributed by atoms with E-state index in [-0.39, 0.29) is 0 Å². The van der Waals surface area contributed by atoms with Gasteiger partial charge in [0.1, 0.15) is 5.15 Å². The lowest BCUT2D eigenvalue weighted by atomic mass is 10.1. The molecule has 0 spiro atoms. The first kappa shape index (κ1) is 18.1. The third-order valence-corrected chi connectivity index (χ3v) is 6.57. The first-order valence-electron chi connectivity index (χ1n) is 9.35. The van der Waals surface area contributed by atoms with Gasteiger partial charge in [-0.1, -0.05) is 22.9 Å². The van der Waals surface area contributed by atoms with Crippen molar-refractivity contribution in [1.29, 1.82) is 0 Å². The van der Waals surface area contributed by atoms with E-state index >= 15 is 0 Å². The van der Waals surface area contributed by atoms with Crippen LogP contribution in [-0.2, 0) is 24.2 Å². The SMILES string of the molecule is Clc1nc(N2CCOCC2)sc1CN1CCc2nc(-c3ccco3)ncc2C1. The maximum absolute atomic E-state index is 6.44. The molecule has 9 heteroatoms. The molecule has 0 unspecified atom stereocenters. The van der Waals surface area contributed by atoms with Gasteiger partial charge in [-0.15, -0.1) is 0 Å². The van der Waals surface area contributed by atoms with Gasteiger partial charge in [0.05, 0.1) is 30.0 Å². The Hall–Kier alpha value is -2.00. The second-order valence-electron chi connectivity index (χ2n) is 6.91. The lowest BCUT2D eigenvalue weighted by Gasteiger charge is -2.27. The van der Waals surface area contributed by atoms with Crippen LogP contribution < -0.4 is 4.90 Å². The molecule has 3 aromatic heterocycles. The third kappa shape index (κ3) is 3.65. The molecule has 0 radical (unpaired) electrons. The Morgan fingerprint density at radius 1 is 1.18 bits per heavy atom. The van der Waals surface area contributed by atoms with Crippen LogP contribution in [-0.4, -0.2) is 52.7 Å². The Kier molecular flexibility index (Phi) is 5.02. The summed E-state index contributed by atoms with van der Waals surface area (Å²) in [6.07, 6.45) is 4.45. The third-order valence-electron chi connectivity index (χ3n) is 5.04. The number of nitrogens with zero attached hydrogens (tertiary/aromatic N) is 5. The van der Waals surface area contributed by atoms with E-state index in [2.05, 4.69) is 19.8 Å². The van der Waals surface area contributed by atoms with Crippen LogP contribution >= 0.6 is 22.9 Å². The fraction of sp³-hybridized carbons (Fsp3) is 0.421. The highest BCUT2D eigenvalue weighted by molar-refractivity contribution is 7.16. The van der Waals surface area contributed by atoms with Gasteiger partial charge in [0.2, 0.25) is 0 Å². The molecule has 0 aliphatic carbocycles. The molecule has 3 aromatic rings. The average molecular weight is 418 g/mol. The van der Waals surface area contributed by atoms with E-state index in [0.29, 0.717) is 16.7 Å². The van der Waals surface area contributed by atoms with E-state index in [0.717, 1.165) is 73.6 Å². The molecule has 7 nitrogen and oxygen atoms in total. The first-order valence-corrected chi connectivity index (χ1v) is 10.5. The van der Waals surface area contributed by atoms with Crippen LogP contribution in [0.3, 0.4) is 0 Å². The number of ether oxygens (including phenoxy) is 1. The summed E-state index contributed by atoms with van der Waals surface area (Å²) in [5, 5.41) is 1.61. The van der Waals surface area contributed by atoms with Crippen molar-refractivity contribution in [2.45, 2.75) is 19.5 Å². The number of furan rings is 1. The minimum absolute atomic E-state index is 0.613. The summed E-state index contributed by atoms with van der Waals surface area (Å²) in [5.41, 5.74) is 2.26. The van der Waals surface area contributed by atoms with Gasteiger partial charge >= 0.3 is 0 Å². The minimum Gasteiger partial charge on any atom is -0.461 e. The van der Waals surface area contributed by atoms with E-state index in [9.17, 15) is 0 Å². The molecule has 0 bridgehead atoms. The summed E-state index contributed by atoms with van der Waals surface area (Å²) in [4.78, 5) is 19.5. The standard InChI is InChI=1S/C19H20ClN5O2S/c20-17-16(28-19(23-17)25-5-8-26-9-6-25)12-24-4-3-14-13(11-24)10-21-18(22-14)15-2-1-7-27-15/h1-2,7,10H,3-6,8-9,11-12H2. The van der Waals surface area contributed by atoms with Crippen LogP contribution in [0.25, 0.3) is 11.6 Å². The summed E-state index contributed by atoms with van der Waals surface area (Å²) < 4.78 is 10.8. The topological polar surface area (TPSA) is 67.5 Å². The second-order valence-corrected chi connectivity index (χ2v) is 8.33. The smallest absolute Gasteiger partial charge is 0.195 e. The summed E-state index contributed by atoms with van der Waals surface area (Å²) >= 11 is 8.12. The Morgan fingerprint density at radius 3 is 2.89 bits per heavy atom. The zero-order valence-corrected chi connectivity index (χ0v) is 16.9. The Labute approximate surface area is 171 Å². The normalized spacial score (nSPS) is 17.7. The Balaban J connectivity index is 1.28. The molecule has 146 valence electrons. The second kappa shape index (κ2) is 7.79. The number of hydrogen-bond donors (Lipinski definition) is 0. The highest BCUT2D eigenvalue weighted by atomic mass is 35.5. The molecule has 1 fully saturated rings. The fourth-order valence-electron chi connectivity index (χ4n) is 3.55. The van der Waals surface area contributed by atoms with Crippen molar-refractivity contribution < 1.29 is 9.15 Å². The van der Waals surface area contributed by atoms with Crippen molar-refractivity contribution >= 4 is 28.1 Å². The number of morpholine rings is 1. The number of anilines is 1. The van der Waals surface area contributed by atoms with Crippen molar-refractivity contribution in [2.75, 3.05) is 37.7 Å². The van der Waals surface area contributed by atoms with Crippen molar-refractivity contribution in [3.8, 4) is 11.6 Å². The van der Waals surface area contributed by atoms with Gasteiger partial charge < -0.3 is 14.1 Å². The number of thiazole rings is 1. The molecule has 5 heterocycles. The lowest BCUT2D eigenvalue weighted by molar-refractivity contribution is 0.122. The van der Waals surface area contributed by atoms with Crippen molar-refractivity contribution in [3.05, 3.63) is 45.9 Å². The number of aromatic nitrogens is 3.